The van der Waals surface area contributed by atoms with Crippen LogP contribution in [0.15, 0.2) is 30.3 Å². The fourth-order valence-electron chi connectivity index (χ4n) is 6.36. The predicted molar refractivity (Wildman–Crippen MR) is 254 cm³/mol. The number of likely N-dealkylation sites (N-methyl/N-ethyl adjacent to an activating group) is 1. The van der Waals surface area contributed by atoms with E-state index in [0.717, 1.165) is 21.6 Å². The number of amides is 10. The lowest BCUT2D eigenvalue weighted by Gasteiger charge is -2.27. The van der Waals surface area contributed by atoms with Crippen LogP contribution in [-0.2, 0) is 64.0 Å². The number of aliphatic carboxylic acids is 2. The summed E-state index contributed by atoms with van der Waals surface area (Å²) in [5.41, 5.74) is 5.89. The van der Waals surface area contributed by atoms with Crippen molar-refractivity contribution in [2.75, 3.05) is 49.2 Å². The number of nitrogens with one attached hydrogen (secondary N) is 12. The van der Waals surface area contributed by atoms with Crippen molar-refractivity contribution in [1.82, 2.24) is 58.5 Å². The Morgan fingerprint density at radius 3 is 1.84 bits per heavy atom. The average molecular weight is 1040 g/mol. The molecule has 0 saturated carbocycles. The van der Waals surface area contributed by atoms with Crippen molar-refractivity contribution in [3.05, 3.63) is 35.9 Å². The van der Waals surface area contributed by atoms with Crippen LogP contribution in [0, 0.1) is 5.41 Å². The molecule has 16 N–H and O–H groups in total. The molecule has 0 radical (unpaired) electrons. The van der Waals surface area contributed by atoms with Gasteiger partial charge in [-0.05, 0) is 25.3 Å². The molecule has 0 unspecified atom stereocenters. The van der Waals surface area contributed by atoms with E-state index in [1.807, 2.05) is 0 Å². The minimum atomic E-state index is -1.89. The maximum atomic E-state index is 14.2. The second-order valence-corrected chi connectivity index (χ2v) is 19.0. The van der Waals surface area contributed by atoms with Gasteiger partial charge in [0, 0.05) is 36.8 Å². The Hall–Kier alpha value is -6.82. The highest BCUT2D eigenvalue weighted by atomic mass is 33.1. The molecule has 0 aliphatic carbocycles. The van der Waals surface area contributed by atoms with Gasteiger partial charge in [0.25, 0.3) is 0 Å². The Kier molecular flexibility index (Phi) is 24.6. The van der Waals surface area contributed by atoms with Crippen LogP contribution in [0.1, 0.15) is 38.2 Å². The zero-order valence-electron chi connectivity index (χ0n) is 37.7. The highest BCUT2D eigenvalue weighted by Gasteiger charge is 2.35. The maximum absolute atomic E-state index is 14.2. The fourth-order valence-corrected chi connectivity index (χ4v) is 9.54. The van der Waals surface area contributed by atoms with Crippen LogP contribution in [0.3, 0.4) is 0 Å². The third-order valence-corrected chi connectivity index (χ3v) is 13.2. The molecule has 0 aromatic heterocycles. The monoisotopic (exact) mass is 1040 g/mol. The lowest BCUT2D eigenvalue weighted by atomic mass is 10.0. The molecule has 1 aromatic rings. The van der Waals surface area contributed by atoms with Gasteiger partial charge in [0.05, 0.1) is 31.7 Å². The molecule has 3 rings (SSSR count). The summed E-state index contributed by atoms with van der Waals surface area (Å²) in [5, 5.41) is 53.5. The molecule has 7 atom stereocenters. The van der Waals surface area contributed by atoms with Crippen LogP contribution in [-0.4, -0.2) is 179 Å². The number of rotatable bonds is 14. The summed E-state index contributed by atoms with van der Waals surface area (Å²) in [7, 11) is 1.78. The number of carboxylic acid groups (broad SMARTS) is 2. The standard InChI is InChI=1S/C40H57N13O14S3/c1-2-43-28(54)14-45-34(62)26-17-69-70-18-27-39(67)49-21(9-6-10-44-40(41)42)33(61)46-15-29(55)47-23(12-31(57)58)36(64)51-25(16-68-19-30(56)48-24(13-32(59)60)37(65)53-27)38(66)50-22(35(63)52-26)11-20-7-4-3-5-8-20/h3-5,7-8,21-27H,2,6,9-19H2,1H3,(H,43,54)(H,45,62)(H,46,61)(H,47,55)(H,48,56)(H,49,67)(H,50,66)(H,51,64)(H,52,63)(H,53,65)(H,57,58)(H,59,60)(H4,41,42,44)/t21-,22-,23-,24-,25-,26-,27-/m0/s1. The number of benzene rings is 1. The number of guanidine groups is 1. The fraction of sp³-hybridized carbons (Fsp3) is 0.525. The number of carbonyl (C=O) groups excluding carboxylic acids is 10. The number of hydrogen-bond donors (Lipinski definition) is 15. The van der Waals surface area contributed by atoms with Crippen LogP contribution >= 0.6 is 33.3 Å². The van der Waals surface area contributed by atoms with Crippen LogP contribution in [0.4, 0.5) is 0 Å². The number of thioether (sulfide) groups is 1. The van der Waals surface area contributed by atoms with Crippen LogP contribution in [0.5, 0.6) is 0 Å². The number of carboxylic acids is 2. The normalized spacial score (nSPS) is 23.8. The third-order valence-electron chi connectivity index (χ3n) is 9.78. The van der Waals surface area contributed by atoms with Crippen molar-refractivity contribution in [3.8, 4) is 0 Å². The van der Waals surface area contributed by atoms with Crippen LogP contribution < -0.4 is 64.2 Å². The molecule has 1 aromatic carbocycles. The van der Waals surface area contributed by atoms with E-state index in [4.69, 9.17) is 11.1 Å². The van der Waals surface area contributed by atoms with Crippen molar-refractivity contribution in [1.29, 1.82) is 5.41 Å². The van der Waals surface area contributed by atoms with Crippen molar-refractivity contribution >= 4 is 110 Å². The van der Waals surface area contributed by atoms with E-state index < -0.39 is 157 Å². The zero-order chi connectivity index (χ0) is 51.8. The van der Waals surface area contributed by atoms with E-state index in [1.54, 1.807) is 37.3 Å². The maximum Gasteiger partial charge on any atom is 0.305 e. The molecule has 2 saturated heterocycles. The molecular formula is C40H57N13O14S3. The predicted octanol–water partition coefficient (Wildman–Crippen LogP) is -5.65. The third kappa shape index (κ3) is 21.2. The first kappa shape index (κ1) is 57.5. The highest BCUT2D eigenvalue weighted by molar-refractivity contribution is 8.76. The van der Waals surface area contributed by atoms with Gasteiger partial charge in [-0.1, -0.05) is 51.9 Å². The van der Waals surface area contributed by atoms with Gasteiger partial charge >= 0.3 is 11.9 Å². The van der Waals surface area contributed by atoms with Gasteiger partial charge in [0.15, 0.2) is 5.96 Å². The van der Waals surface area contributed by atoms with E-state index in [2.05, 4.69) is 58.5 Å². The Morgan fingerprint density at radius 1 is 0.671 bits per heavy atom. The van der Waals surface area contributed by atoms with Crippen molar-refractivity contribution < 1.29 is 67.7 Å². The first-order valence-electron chi connectivity index (χ1n) is 21.6. The van der Waals surface area contributed by atoms with Gasteiger partial charge in [-0.3, -0.25) is 62.9 Å². The molecule has 2 bridgehead atoms. The first-order valence-corrected chi connectivity index (χ1v) is 25.2. The van der Waals surface area contributed by atoms with Gasteiger partial charge in [0.1, 0.15) is 42.3 Å². The Balaban J connectivity index is 2.23. The topological polar surface area (TPSA) is 427 Å². The summed E-state index contributed by atoms with van der Waals surface area (Å²) in [4.78, 5) is 160. The molecule has 10 amide bonds. The molecule has 30 heteroatoms. The molecule has 384 valence electrons. The summed E-state index contributed by atoms with van der Waals surface area (Å²) >= 11 is 0.686. The number of carbonyl (C=O) groups is 12. The Morgan fingerprint density at radius 2 is 1.24 bits per heavy atom. The van der Waals surface area contributed by atoms with Crippen LogP contribution in [0.25, 0.3) is 0 Å². The summed E-state index contributed by atoms with van der Waals surface area (Å²) in [5.74, 6) is -15.0. The molecule has 0 spiro atoms. The largest absolute Gasteiger partial charge is 0.481 e. The van der Waals surface area contributed by atoms with Gasteiger partial charge in [-0.2, -0.15) is 0 Å². The molecule has 2 fully saturated rings. The van der Waals surface area contributed by atoms with E-state index >= 15 is 0 Å². The lowest BCUT2D eigenvalue weighted by molar-refractivity contribution is -0.141. The SMILES string of the molecule is CCNC(=O)CNC(=O)[C@@H]1CSSC[C@@H]2NC(=O)[C@H](CC(=O)O)NC(=O)CSC[C@H](NC(=O)[C@H](CC(=O)O)NC(=O)CNC(=O)[C@H](CCCNC(=N)N)NC2=O)C(=O)N[C@@H](Cc2ccccc2)C(=O)N1. The zero-order valence-corrected chi connectivity index (χ0v) is 40.2. The molecule has 2 aliphatic heterocycles. The van der Waals surface area contributed by atoms with Gasteiger partial charge in [0.2, 0.25) is 59.1 Å². The number of nitrogens with two attached hydrogens (primary N) is 1. The van der Waals surface area contributed by atoms with E-state index in [-0.39, 0.29) is 43.9 Å². The van der Waals surface area contributed by atoms with E-state index in [0.29, 0.717) is 17.3 Å². The average Bonchev–Trinajstić information content (AvgIpc) is 3.29. The van der Waals surface area contributed by atoms with Crippen molar-refractivity contribution in [3.63, 3.8) is 0 Å². The Labute approximate surface area is 412 Å². The van der Waals surface area contributed by atoms with Gasteiger partial charge < -0.3 is 74.4 Å². The molecular weight excluding hydrogens is 983 g/mol. The molecule has 70 heavy (non-hydrogen) atoms. The summed E-state index contributed by atoms with van der Waals surface area (Å²) in [6.07, 6.45) is -2.31. The summed E-state index contributed by atoms with van der Waals surface area (Å²) in [6, 6.07) is -3.12. The molecule has 27 nitrogen and oxygen atoms in total. The highest BCUT2D eigenvalue weighted by Crippen LogP contribution is 2.24. The summed E-state index contributed by atoms with van der Waals surface area (Å²) < 4.78 is 0. The number of hydrogen-bond acceptors (Lipinski definition) is 16. The number of fused-ring (bicyclic) bond motifs is 9. The second-order valence-electron chi connectivity index (χ2n) is 15.4. The van der Waals surface area contributed by atoms with Gasteiger partial charge in [-0.15, -0.1) is 11.8 Å². The van der Waals surface area contributed by atoms with Crippen LogP contribution in [0.2, 0.25) is 0 Å². The van der Waals surface area contributed by atoms with Gasteiger partial charge in [-0.25, -0.2) is 0 Å². The quantitative estimate of drug-likeness (QED) is 0.0357. The minimum Gasteiger partial charge on any atom is -0.481 e. The summed E-state index contributed by atoms with van der Waals surface area (Å²) in [6.45, 7) is 0.567. The van der Waals surface area contributed by atoms with Crippen molar-refractivity contribution in [2.24, 2.45) is 5.73 Å². The van der Waals surface area contributed by atoms with Crippen molar-refractivity contribution in [2.45, 2.75) is 81.3 Å². The Bertz CT molecular complexity index is 2110. The molecule has 2 aliphatic rings. The smallest absolute Gasteiger partial charge is 0.305 e. The lowest BCUT2D eigenvalue weighted by Crippen LogP contribution is -2.60. The second kappa shape index (κ2) is 29.9. The first-order chi connectivity index (χ1) is 33.3. The minimum absolute atomic E-state index is 0.0313. The molecule has 2 heterocycles. The van der Waals surface area contributed by atoms with E-state index in [9.17, 15) is 67.7 Å². The van der Waals surface area contributed by atoms with E-state index in [1.165, 1.54) is 0 Å².